The van der Waals surface area contributed by atoms with Crippen molar-refractivity contribution in [1.29, 1.82) is 0 Å². The molecule has 2 heterocycles. The number of aryl methyl sites for hydroxylation is 2. The third-order valence-electron chi connectivity index (χ3n) is 4.87. The van der Waals surface area contributed by atoms with Crippen molar-refractivity contribution in [3.05, 3.63) is 83.1 Å². The van der Waals surface area contributed by atoms with Crippen LogP contribution in [-0.2, 0) is 0 Å². The molecule has 2 aromatic heterocycles. The van der Waals surface area contributed by atoms with Crippen LogP contribution in [0.1, 0.15) is 17.1 Å². The van der Waals surface area contributed by atoms with Crippen molar-refractivity contribution in [2.75, 3.05) is 0 Å². The Labute approximate surface area is 160 Å². The number of nitrogens with zero attached hydrogens (tertiary/aromatic N) is 2. The fraction of sp³-hybridized carbons (Fsp3) is 0.136. The first-order valence-corrected chi connectivity index (χ1v) is 8.83. The lowest BCUT2D eigenvalue weighted by Gasteiger charge is -2.11. The SMILES string of the molecule is Cc1[nH]c(-c2cc(C)n(-c3ccc(F)c(F)c3F)c2C)nc1-c1ccccc1. The first kappa shape index (κ1) is 18.1. The quantitative estimate of drug-likeness (QED) is 0.442. The molecule has 0 atom stereocenters. The molecule has 0 spiro atoms. The highest BCUT2D eigenvalue weighted by Crippen LogP contribution is 2.32. The second kappa shape index (κ2) is 6.71. The molecule has 0 aliphatic rings. The lowest BCUT2D eigenvalue weighted by atomic mass is 10.1. The summed E-state index contributed by atoms with van der Waals surface area (Å²) in [5.41, 5.74) is 4.83. The van der Waals surface area contributed by atoms with Crippen molar-refractivity contribution in [1.82, 2.24) is 14.5 Å². The minimum atomic E-state index is -1.48. The van der Waals surface area contributed by atoms with Gasteiger partial charge in [0.2, 0.25) is 0 Å². The molecular weight excluding hydrogens is 363 g/mol. The third kappa shape index (κ3) is 2.81. The molecule has 0 aliphatic heterocycles. The fourth-order valence-corrected chi connectivity index (χ4v) is 3.53. The normalized spacial score (nSPS) is 11.2. The predicted octanol–water partition coefficient (Wildman–Crippen LogP) is 5.88. The van der Waals surface area contributed by atoms with Crippen LogP contribution in [0.5, 0.6) is 0 Å². The second-order valence-corrected chi connectivity index (χ2v) is 6.74. The van der Waals surface area contributed by atoms with Crippen molar-refractivity contribution in [3.63, 3.8) is 0 Å². The number of hydrogen-bond donors (Lipinski definition) is 1. The number of aromatic amines is 1. The van der Waals surface area contributed by atoms with Crippen LogP contribution >= 0.6 is 0 Å². The fourth-order valence-electron chi connectivity index (χ4n) is 3.53. The topological polar surface area (TPSA) is 33.6 Å². The van der Waals surface area contributed by atoms with E-state index in [2.05, 4.69) is 4.98 Å². The van der Waals surface area contributed by atoms with E-state index in [0.29, 0.717) is 17.2 Å². The highest BCUT2D eigenvalue weighted by Gasteiger charge is 2.21. The zero-order chi connectivity index (χ0) is 20.0. The van der Waals surface area contributed by atoms with Crippen LogP contribution in [0.15, 0.2) is 48.5 Å². The molecule has 0 amide bonds. The Morgan fingerprint density at radius 1 is 0.893 bits per heavy atom. The first-order chi connectivity index (χ1) is 13.4. The van der Waals surface area contributed by atoms with E-state index in [4.69, 9.17) is 4.98 Å². The predicted molar refractivity (Wildman–Crippen MR) is 103 cm³/mol. The summed E-state index contributed by atoms with van der Waals surface area (Å²) < 4.78 is 43.0. The molecule has 28 heavy (non-hydrogen) atoms. The Hall–Kier alpha value is -3.28. The van der Waals surface area contributed by atoms with Gasteiger partial charge in [-0.2, -0.15) is 0 Å². The van der Waals surface area contributed by atoms with E-state index in [1.54, 1.807) is 18.4 Å². The van der Waals surface area contributed by atoms with Crippen molar-refractivity contribution < 1.29 is 13.2 Å². The average molecular weight is 381 g/mol. The summed E-state index contributed by atoms with van der Waals surface area (Å²) >= 11 is 0. The Morgan fingerprint density at radius 2 is 1.61 bits per heavy atom. The van der Waals surface area contributed by atoms with Gasteiger partial charge in [-0.25, -0.2) is 18.2 Å². The molecule has 0 unspecified atom stereocenters. The van der Waals surface area contributed by atoms with Gasteiger partial charge in [-0.05, 0) is 39.0 Å². The molecule has 0 radical (unpaired) electrons. The van der Waals surface area contributed by atoms with Crippen molar-refractivity contribution in [2.45, 2.75) is 20.8 Å². The molecule has 0 saturated heterocycles. The van der Waals surface area contributed by atoms with Gasteiger partial charge in [-0.1, -0.05) is 30.3 Å². The molecule has 3 nitrogen and oxygen atoms in total. The molecule has 4 aromatic rings. The van der Waals surface area contributed by atoms with Gasteiger partial charge in [0.1, 0.15) is 5.82 Å². The number of aromatic nitrogens is 3. The summed E-state index contributed by atoms with van der Waals surface area (Å²) in [4.78, 5) is 7.99. The highest BCUT2D eigenvalue weighted by molar-refractivity contribution is 5.69. The van der Waals surface area contributed by atoms with Crippen LogP contribution in [0, 0.1) is 38.2 Å². The Kier molecular flexibility index (Phi) is 4.34. The number of imidazole rings is 1. The summed E-state index contributed by atoms with van der Waals surface area (Å²) in [5, 5.41) is 0. The average Bonchev–Trinajstić information content (AvgIpc) is 3.21. The maximum Gasteiger partial charge on any atom is 0.196 e. The number of rotatable bonds is 3. The van der Waals surface area contributed by atoms with Crippen molar-refractivity contribution >= 4 is 0 Å². The second-order valence-electron chi connectivity index (χ2n) is 6.74. The number of benzene rings is 2. The van der Waals surface area contributed by atoms with E-state index >= 15 is 0 Å². The molecule has 1 N–H and O–H groups in total. The lowest BCUT2D eigenvalue weighted by molar-refractivity contribution is 0.444. The van der Waals surface area contributed by atoms with Crippen LogP contribution in [0.2, 0.25) is 0 Å². The third-order valence-corrected chi connectivity index (χ3v) is 4.87. The molecule has 2 aromatic carbocycles. The maximum atomic E-state index is 14.4. The minimum absolute atomic E-state index is 0.0355. The van der Waals surface area contributed by atoms with Gasteiger partial charge >= 0.3 is 0 Å². The molecule has 4 rings (SSSR count). The monoisotopic (exact) mass is 381 g/mol. The number of H-pyrrole nitrogens is 1. The molecular formula is C22H18F3N3. The van der Waals surface area contributed by atoms with Crippen molar-refractivity contribution in [3.8, 4) is 28.3 Å². The maximum absolute atomic E-state index is 14.4. The zero-order valence-corrected chi connectivity index (χ0v) is 15.6. The van der Waals surface area contributed by atoms with Crippen LogP contribution in [0.25, 0.3) is 28.3 Å². The Balaban J connectivity index is 1.85. The van der Waals surface area contributed by atoms with Gasteiger partial charge in [-0.15, -0.1) is 0 Å². The zero-order valence-electron chi connectivity index (χ0n) is 15.6. The molecule has 0 aliphatic carbocycles. The highest BCUT2D eigenvalue weighted by atomic mass is 19.2. The minimum Gasteiger partial charge on any atom is -0.341 e. The van der Waals surface area contributed by atoms with Crippen LogP contribution in [0.3, 0.4) is 0 Å². The summed E-state index contributed by atoms with van der Waals surface area (Å²) in [6.07, 6.45) is 0. The van der Waals surface area contributed by atoms with E-state index in [1.165, 1.54) is 6.07 Å². The molecule has 0 fully saturated rings. The lowest BCUT2D eigenvalue weighted by Crippen LogP contribution is -2.05. The Bertz CT molecular complexity index is 1170. The first-order valence-electron chi connectivity index (χ1n) is 8.83. The summed E-state index contributed by atoms with van der Waals surface area (Å²) in [6.45, 7) is 5.52. The van der Waals surface area contributed by atoms with Gasteiger partial charge < -0.3 is 9.55 Å². The molecule has 142 valence electrons. The van der Waals surface area contributed by atoms with E-state index < -0.39 is 17.5 Å². The number of halogens is 3. The van der Waals surface area contributed by atoms with Gasteiger partial charge in [0.15, 0.2) is 17.5 Å². The van der Waals surface area contributed by atoms with Crippen LogP contribution in [0.4, 0.5) is 13.2 Å². The smallest absolute Gasteiger partial charge is 0.196 e. The van der Waals surface area contributed by atoms with Gasteiger partial charge in [-0.3, -0.25) is 0 Å². The standard InChI is InChI=1S/C22H18F3N3/c1-12-11-16(14(3)28(12)18-10-9-17(23)19(24)20(18)25)22-26-13(2)21(27-22)15-7-5-4-6-8-15/h4-11H,1-3H3,(H,26,27). The number of hydrogen-bond acceptors (Lipinski definition) is 1. The Morgan fingerprint density at radius 3 is 2.32 bits per heavy atom. The van der Waals surface area contributed by atoms with E-state index in [9.17, 15) is 13.2 Å². The van der Waals surface area contributed by atoms with Gasteiger partial charge in [0, 0.05) is 28.2 Å². The van der Waals surface area contributed by atoms with Gasteiger partial charge in [0.05, 0.1) is 11.4 Å². The van der Waals surface area contributed by atoms with E-state index in [1.807, 2.05) is 43.3 Å². The summed E-state index contributed by atoms with van der Waals surface area (Å²) in [5.74, 6) is -3.27. The molecule has 0 bridgehead atoms. The number of nitrogens with one attached hydrogen (secondary N) is 1. The van der Waals surface area contributed by atoms with E-state index in [-0.39, 0.29) is 5.69 Å². The largest absolute Gasteiger partial charge is 0.341 e. The van der Waals surface area contributed by atoms with Crippen molar-refractivity contribution in [2.24, 2.45) is 0 Å². The van der Waals surface area contributed by atoms with Gasteiger partial charge in [0.25, 0.3) is 0 Å². The van der Waals surface area contributed by atoms with Crippen LogP contribution < -0.4 is 0 Å². The van der Waals surface area contributed by atoms with E-state index in [0.717, 1.165) is 28.6 Å². The molecule has 0 saturated carbocycles. The summed E-state index contributed by atoms with van der Waals surface area (Å²) in [7, 11) is 0. The summed E-state index contributed by atoms with van der Waals surface area (Å²) in [6, 6.07) is 13.8. The van der Waals surface area contributed by atoms with Crippen LogP contribution in [-0.4, -0.2) is 14.5 Å². The molecule has 6 heteroatoms.